The molecule has 7 heteroatoms. The number of carboxylic acids is 1. The van der Waals surface area contributed by atoms with Gasteiger partial charge in [-0.25, -0.2) is 4.79 Å². The number of oxime groups is 1. The van der Waals surface area contributed by atoms with Crippen LogP contribution in [0.5, 0.6) is 5.75 Å². The lowest BCUT2D eigenvalue weighted by Crippen LogP contribution is -2.36. The first-order valence-corrected chi connectivity index (χ1v) is 6.47. The highest BCUT2D eigenvalue weighted by Gasteiger charge is 2.31. The third kappa shape index (κ3) is 3.95. The fourth-order valence-electron chi connectivity index (χ4n) is 1.92. The van der Waals surface area contributed by atoms with Gasteiger partial charge in [0.15, 0.2) is 5.71 Å². The van der Waals surface area contributed by atoms with Crippen molar-refractivity contribution in [3.8, 4) is 5.75 Å². The van der Waals surface area contributed by atoms with Gasteiger partial charge in [0.2, 0.25) is 6.10 Å². The van der Waals surface area contributed by atoms with Gasteiger partial charge >= 0.3 is 5.97 Å². The molecule has 2 rings (SSSR count). The third-order valence-electron chi connectivity index (χ3n) is 3.06. The van der Waals surface area contributed by atoms with E-state index in [2.05, 4.69) is 10.5 Å². The monoisotopic (exact) mass is 292 g/mol. The third-order valence-corrected chi connectivity index (χ3v) is 3.06. The first-order valence-electron chi connectivity index (χ1n) is 6.47. The molecule has 0 fully saturated rings. The summed E-state index contributed by atoms with van der Waals surface area (Å²) < 4.78 is 5.12. The maximum absolute atomic E-state index is 11.8. The van der Waals surface area contributed by atoms with Gasteiger partial charge < -0.3 is 20.0 Å². The molecule has 1 amide bonds. The van der Waals surface area contributed by atoms with Crippen molar-refractivity contribution in [3.63, 3.8) is 0 Å². The number of rotatable bonds is 6. The molecule has 1 atom stereocenters. The van der Waals surface area contributed by atoms with Gasteiger partial charge in [-0.15, -0.1) is 0 Å². The molecular weight excluding hydrogens is 276 g/mol. The minimum absolute atomic E-state index is 0.0136. The summed E-state index contributed by atoms with van der Waals surface area (Å²) in [6.07, 6.45) is -0.232. The maximum atomic E-state index is 11.8. The number of ether oxygens (including phenoxy) is 1. The molecule has 1 aromatic rings. The average Bonchev–Trinajstić information content (AvgIpc) is 2.97. The number of carbonyl (C=O) groups excluding carboxylic acids is 1. The number of hydrogen-bond donors (Lipinski definition) is 2. The Morgan fingerprint density at radius 2 is 2.33 bits per heavy atom. The lowest BCUT2D eigenvalue weighted by Gasteiger charge is -2.09. The van der Waals surface area contributed by atoms with E-state index in [0.717, 1.165) is 11.3 Å². The second kappa shape index (κ2) is 6.74. The van der Waals surface area contributed by atoms with Crippen molar-refractivity contribution in [1.82, 2.24) is 5.32 Å². The Morgan fingerprint density at radius 3 is 3.00 bits per heavy atom. The summed E-state index contributed by atoms with van der Waals surface area (Å²) in [6.45, 7) is 0.425. The van der Waals surface area contributed by atoms with Crippen molar-refractivity contribution in [1.29, 1.82) is 0 Å². The minimum atomic E-state index is -1.17. The predicted molar refractivity (Wildman–Crippen MR) is 74.3 cm³/mol. The van der Waals surface area contributed by atoms with Crippen LogP contribution < -0.4 is 10.1 Å². The highest BCUT2D eigenvalue weighted by molar-refractivity contribution is 6.36. The molecule has 112 valence electrons. The van der Waals surface area contributed by atoms with Crippen LogP contribution in [-0.4, -0.2) is 42.5 Å². The zero-order valence-electron chi connectivity index (χ0n) is 11.5. The molecule has 0 radical (unpaired) electrons. The predicted octanol–water partition coefficient (Wildman–Crippen LogP) is 0.583. The Morgan fingerprint density at radius 1 is 1.52 bits per heavy atom. The molecule has 1 aromatic carbocycles. The van der Waals surface area contributed by atoms with Gasteiger partial charge in [-0.2, -0.15) is 0 Å². The smallest absolute Gasteiger partial charge is 0.353 e. The van der Waals surface area contributed by atoms with E-state index in [9.17, 15) is 9.59 Å². The first kappa shape index (κ1) is 14.8. The van der Waals surface area contributed by atoms with Gasteiger partial charge in [0.25, 0.3) is 5.91 Å². The molecule has 0 aliphatic carbocycles. The summed E-state index contributed by atoms with van der Waals surface area (Å²) in [4.78, 5) is 27.3. The number of carboxylic acid groups (broad SMARTS) is 1. The summed E-state index contributed by atoms with van der Waals surface area (Å²) in [5.74, 6) is -0.767. The summed E-state index contributed by atoms with van der Waals surface area (Å²) in [6, 6.07) is 7.55. The van der Waals surface area contributed by atoms with E-state index >= 15 is 0 Å². The number of nitrogens with zero attached hydrogens (tertiary/aromatic N) is 1. The average molecular weight is 292 g/mol. The Kier molecular flexibility index (Phi) is 4.76. The molecule has 7 nitrogen and oxygen atoms in total. The SMILES string of the molecule is COc1cccc(CCNC(=O)C2CC(C(=O)O)=NO2)c1. The van der Waals surface area contributed by atoms with Gasteiger partial charge in [0.05, 0.1) is 7.11 Å². The second-order valence-electron chi connectivity index (χ2n) is 4.53. The van der Waals surface area contributed by atoms with E-state index < -0.39 is 12.1 Å². The van der Waals surface area contributed by atoms with Crippen LogP contribution in [0, 0.1) is 0 Å². The zero-order valence-corrected chi connectivity index (χ0v) is 11.5. The van der Waals surface area contributed by atoms with Crippen LogP contribution in [0.3, 0.4) is 0 Å². The van der Waals surface area contributed by atoms with Crippen LogP contribution in [0.4, 0.5) is 0 Å². The van der Waals surface area contributed by atoms with Crippen LogP contribution in [0.25, 0.3) is 0 Å². The quantitative estimate of drug-likeness (QED) is 0.799. The fourth-order valence-corrected chi connectivity index (χ4v) is 1.92. The second-order valence-corrected chi connectivity index (χ2v) is 4.53. The highest BCUT2D eigenvalue weighted by Crippen LogP contribution is 2.13. The van der Waals surface area contributed by atoms with Crippen LogP contribution in [0.1, 0.15) is 12.0 Å². The molecule has 2 N–H and O–H groups in total. The van der Waals surface area contributed by atoms with Crippen molar-refractivity contribution in [2.24, 2.45) is 5.16 Å². The van der Waals surface area contributed by atoms with E-state index in [1.54, 1.807) is 7.11 Å². The number of methoxy groups -OCH3 is 1. The van der Waals surface area contributed by atoms with E-state index in [-0.39, 0.29) is 18.0 Å². The van der Waals surface area contributed by atoms with E-state index in [1.165, 1.54) is 0 Å². The van der Waals surface area contributed by atoms with Gasteiger partial charge in [-0.3, -0.25) is 4.79 Å². The number of hydrogen-bond acceptors (Lipinski definition) is 5. The molecule has 0 bridgehead atoms. The number of aliphatic carboxylic acids is 1. The van der Waals surface area contributed by atoms with Crippen LogP contribution in [0.15, 0.2) is 29.4 Å². The number of benzene rings is 1. The molecule has 0 saturated heterocycles. The molecule has 1 heterocycles. The summed E-state index contributed by atoms with van der Waals surface area (Å²) in [7, 11) is 1.60. The normalized spacial score (nSPS) is 16.8. The van der Waals surface area contributed by atoms with E-state index in [0.29, 0.717) is 13.0 Å². The molecular formula is C14H16N2O5. The summed E-state index contributed by atoms with van der Waals surface area (Å²) in [5, 5.41) is 14.8. The topological polar surface area (TPSA) is 97.2 Å². The number of carbonyl (C=O) groups is 2. The lowest BCUT2D eigenvalue weighted by atomic mass is 10.1. The minimum Gasteiger partial charge on any atom is -0.497 e. The van der Waals surface area contributed by atoms with E-state index in [1.807, 2.05) is 24.3 Å². The Labute approximate surface area is 121 Å². The van der Waals surface area contributed by atoms with Crippen LogP contribution >= 0.6 is 0 Å². The first-order chi connectivity index (χ1) is 10.1. The van der Waals surface area contributed by atoms with Crippen molar-refractivity contribution < 1.29 is 24.3 Å². The Balaban J connectivity index is 1.76. The number of amides is 1. The molecule has 1 aliphatic heterocycles. The largest absolute Gasteiger partial charge is 0.497 e. The maximum Gasteiger partial charge on any atom is 0.353 e. The highest BCUT2D eigenvalue weighted by atomic mass is 16.6. The molecule has 0 spiro atoms. The molecule has 1 unspecified atom stereocenters. The van der Waals surface area contributed by atoms with Crippen LogP contribution in [0.2, 0.25) is 0 Å². The standard InChI is InChI=1S/C14H16N2O5/c1-20-10-4-2-3-9(7-10)5-6-15-13(17)12-8-11(14(18)19)16-21-12/h2-4,7,12H,5-6,8H2,1H3,(H,15,17)(H,18,19). The van der Waals surface area contributed by atoms with Crippen molar-refractivity contribution >= 4 is 17.6 Å². The summed E-state index contributed by atoms with van der Waals surface area (Å²) >= 11 is 0. The van der Waals surface area contributed by atoms with Crippen LogP contribution in [-0.2, 0) is 20.8 Å². The Bertz CT molecular complexity index is 570. The van der Waals surface area contributed by atoms with Crippen molar-refractivity contribution in [2.45, 2.75) is 18.9 Å². The van der Waals surface area contributed by atoms with Gasteiger partial charge in [0.1, 0.15) is 5.75 Å². The number of nitrogens with one attached hydrogen (secondary N) is 1. The van der Waals surface area contributed by atoms with Crippen molar-refractivity contribution in [3.05, 3.63) is 29.8 Å². The van der Waals surface area contributed by atoms with Crippen molar-refractivity contribution in [2.75, 3.05) is 13.7 Å². The molecule has 21 heavy (non-hydrogen) atoms. The van der Waals surface area contributed by atoms with Gasteiger partial charge in [0, 0.05) is 13.0 Å². The molecule has 0 saturated carbocycles. The van der Waals surface area contributed by atoms with E-state index in [4.69, 9.17) is 14.7 Å². The van der Waals surface area contributed by atoms with Gasteiger partial charge in [-0.05, 0) is 24.1 Å². The van der Waals surface area contributed by atoms with Gasteiger partial charge in [-0.1, -0.05) is 17.3 Å². The molecule has 0 aromatic heterocycles. The molecule has 1 aliphatic rings. The Hall–Kier alpha value is -2.57. The fraction of sp³-hybridized carbons (Fsp3) is 0.357. The summed E-state index contributed by atoms with van der Waals surface area (Å²) in [5.41, 5.74) is 0.896. The lowest BCUT2D eigenvalue weighted by molar-refractivity contribution is -0.131. The zero-order chi connectivity index (χ0) is 15.2.